The summed E-state index contributed by atoms with van der Waals surface area (Å²) in [5, 5.41) is 7.67. The molecule has 1 aliphatic rings. The molecule has 144 valence electrons. The van der Waals surface area contributed by atoms with Crippen LogP contribution in [0.15, 0.2) is 54.6 Å². The summed E-state index contributed by atoms with van der Waals surface area (Å²) >= 11 is 0. The van der Waals surface area contributed by atoms with Gasteiger partial charge in [-0.25, -0.2) is 4.68 Å². The molecule has 1 aromatic heterocycles. The number of fused-ring (bicyclic) bond motifs is 1. The summed E-state index contributed by atoms with van der Waals surface area (Å²) in [6.45, 7) is 2.03. The van der Waals surface area contributed by atoms with Crippen molar-refractivity contribution in [1.29, 1.82) is 0 Å². The van der Waals surface area contributed by atoms with E-state index in [2.05, 4.69) is 22.5 Å². The summed E-state index contributed by atoms with van der Waals surface area (Å²) in [6, 6.07) is 18.2. The molecule has 0 aliphatic carbocycles. The summed E-state index contributed by atoms with van der Waals surface area (Å²) < 4.78 is 13.7. The highest BCUT2D eigenvalue weighted by Gasteiger charge is 2.28. The molecular weight excluding hydrogens is 370 g/mol. The topological polar surface area (TPSA) is 64.0 Å². The Morgan fingerprint density at radius 2 is 1.86 bits per heavy atom. The molecule has 0 radical (unpaired) electrons. The van der Waals surface area contributed by atoms with E-state index in [-0.39, 0.29) is 5.91 Å². The largest absolute Gasteiger partial charge is 0.310 e. The lowest BCUT2D eigenvalue weighted by atomic mass is 10.1. The Morgan fingerprint density at radius 1 is 1.11 bits per heavy atom. The molecule has 1 unspecified atom stereocenters. The number of benzene rings is 2. The molecule has 3 aromatic rings. The zero-order valence-electron chi connectivity index (χ0n) is 15.9. The maximum Gasteiger partial charge on any atom is 0.225 e. The number of hydrogen-bond acceptors (Lipinski definition) is 3. The van der Waals surface area contributed by atoms with Gasteiger partial charge in [0.2, 0.25) is 5.91 Å². The quantitative estimate of drug-likeness (QED) is 0.691. The second kappa shape index (κ2) is 8.10. The first-order chi connectivity index (χ1) is 13.6. The Labute approximate surface area is 167 Å². The zero-order valence-corrected chi connectivity index (χ0v) is 16.7. The van der Waals surface area contributed by atoms with Crippen LogP contribution in [-0.2, 0) is 33.5 Å². The van der Waals surface area contributed by atoms with Crippen LogP contribution in [0.3, 0.4) is 0 Å². The Hall–Kier alpha value is -2.73. The highest BCUT2D eigenvalue weighted by molar-refractivity contribution is 7.83. The molecular formula is C22H23N3O2S. The molecule has 0 bridgehead atoms. The number of nitrogens with one attached hydrogen (secondary N) is 1. The minimum Gasteiger partial charge on any atom is -0.310 e. The Morgan fingerprint density at radius 3 is 2.61 bits per heavy atom. The molecule has 5 nitrogen and oxygen atoms in total. The van der Waals surface area contributed by atoms with E-state index >= 15 is 0 Å². The molecule has 2 heterocycles. The van der Waals surface area contributed by atoms with Gasteiger partial charge in [0.1, 0.15) is 5.82 Å². The Balaban J connectivity index is 1.50. The lowest BCUT2D eigenvalue weighted by molar-refractivity contribution is -0.116. The minimum atomic E-state index is -0.939. The molecule has 1 N–H and O–H groups in total. The molecule has 1 amide bonds. The molecule has 0 saturated carbocycles. The molecule has 28 heavy (non-hydrogen) atoms. The summed E-state index contributed by atoms with van der Waals surface area (Å²) in [6.07, 6.45) is 2.09. The van der Waals surface area contributed by atoms with Crippen LogP contribution in [0.25, 0.3) is 5.69 Å². The molecule has 6 heteroatoms. The maximum atomic E-state index is 12.6. The third-order valence-corrected chi connectivity index (χ3v) is 6.12. The first-order valence-corrected chi connectivity index (χ1v) is 11.0. The number of hydrogen-bond donors (Lipinski definition) is 1. The Kier molecular flexibility index (Phi) is 5.39. The monoisotopic (exact) mass is 393 g/mol. The normalized spacial score (nSPS) is 15.4. The number of carbonyl (C=O) groups is 1. The van der Waals surface area contributed by atoms with Crippen LogP contribution in [0, 0.1) is 6.92 Å². The fourth-order valence-corrected chi connectivity index (χ4v) is 4.69. The first kappa shape index (κ1) is 18.6. The van der Waals surface area contributed by atoms with E-state index < -0.39 is 10.8 Å². The van der Waals surface area contributed by atoms with Gasteiger partial charge in [-0.1, -0.05) is 48.0 Å². The lowest BCUT2D eigenvalue weighted by Gasteiger charge is -2.11. The number of amides is 1. The van der Waals surface area contributed by atoms with Crippen LogP contribution in [0.1, 0.15) is 35.2 Å². The van der Waals surface area contributed by atoms with Crippen molar-refractivity contribution in [3.63, 3.8) is 0 Å². The summed E-state index contributed by atoms with van der Waals surface area (Å²) in [5.74, 6) is 1.52. The average molecular weight is 394 g/mol. The molecule has 0 spiro atoms. The number of anilines is 1. The average Bonchev–Trinajstić information content (AvgIpc) is 3.20. The number of aromatic nitrogens is 2. The second-order valence-corrected chi connectivity index (χ2v) is 8.59. The van der Waals surface area contributed by atoms with Crippen LogP contribution < -0.4 is 5.32 Å². The van der Waals surface area contributed by atoms with Gasteiger partial charge in [-0.15, -0.1) is 0 Å². The van der Waals surface area contributed by atoms with Crippen molar-refractivity contribution in [2.45, 2.75) is 37.7 Å². The summed E-state index contributed by atoms with van der Waals surface area (Å²) in [7, 11) is -0.939. The Bertz CT molecular complexity index is 1010. The standard InChI is InChI=1S/C22H23N3O2S/c1-16-10-12-18(13-11-16)25-22(19-14-28(27)15-20(19)24-25)23-21(26)9-5-8-17-6-3-2-4-7-17/h2-4,6-7,10-13H,5,8-9,14-15H2,1H3,(H,23,26). The van der Waals surface area contributed by atoms with Crippen molar-refractivity contribution in [1.82, 2.24) is 9.78 Å². The van der Waals surface area contributed by atoms with E-state index in [1.54, 1.807) is 4.68 Å². The molecule has 1 atom stereocenters. The van der Waals surface area contributed by atoms with Crippen LogP contribution in [0.5, 0.6) is 0 Å². The van der Waals surface area contributed by atoms with Gasteiger partial charge >= 0.3 is 0 Å². The lowest BCUT2D eigenvalue weighted by Crippen LogP contribution is -2.16. The molecule has 0 fully saturated rings. The predicted octanol–water partition coefficient (Wildman–Crippen LogP) is 3.90. The van der Waals surface area contributed by atoms with E-state index in [1.165, 1.54) is 5.56 Å². The van der Waals surface area contributed by atoms with Gasteiger partial charge < -0.3 is 5.32 Å². The highest BCUT2D eigenvalue weighted by atomic mass is 32.2. The second-order valence-electron chi connectivity index (χ2n) is 7.14. The van der Waals surface area contributed by atoms with Gasteiger partial charge in [-0.3, -0.25) is 9.00 Å². The number of carbonyl (C=O) groups excluding carboxylic acids is 1. The molecule has 0 saturated heterocycles. The number of nitrogens with zero attached hydrogens (tertiary/aromatic N) is 2. The number of rotatable bonds is 6. The van der Waals surface area contributed by atoms with E-state index in [1.807, 2.05) is 49.4 Å². The third-order valence-electron chi connectivity index (χ3n) is 4.92. The maximum absolute atomic E-state index is 12.6. The molecule has 4 rings (SSSR count). The third kappa shape index (κ3) is 4.07. The highest BCUT2D eigenvalue weighted by Crippen LogP contribution is 2.31. The van der Waals surface area contributed by atoms with Crippen molar-refractivity contribution in [2.75, 3.05) is 5.32 Å². The smallest absolute Gasteiger partial charge is 0.225 e. The van der Waals surface area contributed by atoms with Crippen LogP contribution >= 0.6 is 0 Å². The summed E-state index contributed by atoms with van der Waals surface area (Å²) in [5.41, 5.74) is 5.01. The van der Waals surface area contributed by atoms with E-state index in [4.69, 9.17) is 0 Å². The van der Waals surface area contributed by atoms with Gasteiger partial charge in [0.25, 0.3) is 0 Å². The first-order valence-electron chi connectivity index (χ1n) is 9.47. The van der Waals surface area contributed by atoms with Gasteiger partial charge in [-0.05, 0) is 37.5 Å². The van der Waals surface area contributed by atoms with Crippen molar-refractivity contribution < 1.29 is 9.00 Å². The van der Waals surface area contributed by atoms with E-state index in [0.717, 1.165) is 35.3 Å². The molecule has 1 aliphatic heterocycles. The van der Waals surface area contributed by atoms with Gasteiger partial charge in [0.15, 0.2) is 0 Å². The van der Waals surface area contributed by atoms with Crippen molar-refractivity contribution in [3.8, 4) is 5.69 Å². The van der Waals surface area contributed by atoms with Crippen molar-refractivity contribution >= 4 is 22.5 Å². The predicted molar refractivity (Wildman–Crippen MR) is 112 cm³/mol. The van der Waals surface area contributed by atoms with E-state index in [0.29, 0.717) is 23.7 Å². The van der Waals surface area contributed by atoms with Gasteiger partial charge in [0, 0.05) is 22.8 Å². The van der Waals surface area contributed by atoms with Crippen LogP contribution in [0.2, 0.25) is 0 Å². The van der Waals surface area contributed by atoms with Crippen LogP contribution in [-0.4, -0.2) is 19.9 Å². The van der Waals surface area contributed by atoms with Crippen molar-refractivity contribution in [2.24, 2.45) is 0 Å². The van der Waals surface area contributed by atoms with Gasteiger partial charge in [0.05, 0.1) is 22.9 Å². The minimum absolute atomic E-state index is 0.0373. The number of aryl methyl sites for hydroxylation is 2. The fourth-order valence-electron chi connectivity index (χ4n) is 3.42. The van der Waals surface area contributed by atoms with Crippen LogP contribution in [0.4, 0.5) is 5.82 Å². The fraction of sp³-hybridized carbons (Fsp3) is 0.273. The molecule has 2 aromatic carbocycles. The zero-order chi connectivity index (χ0) is 19.5. The van der Waals surface area contributed by atoms with Crippen molar-refractivity contribution in [3.05, 3.63) is 77.0 Å². The van der Waals surface area contributed by atoms with Gasteiger partial charge in [-0.2, -0.15) is 5.10 Å². The summed E-state index contributed by atoms with van der Waals surface area (Å²) in [4.78, 5) is 12.6. The SMILES string of the molecule is Cc1ccc(-n2nc3c(c2NC(=O)CCCc2ccccc2)CS(=O)C3)cc1. The van der Waals surface area contributed by atoms with E-state index in [9.17, 15) is 9.00 Å².